The van der Waals surface area contributed by atoms with E-state index in [2.05, 4.69) is 22.8 Å². The second-order valence-corrected chi connectivity index (χ2v) is 8.34. The molecule has 1 fully saturated rings. The van der Waals surface area contributed by atoms with Crippen LogP contribution in [0.4, 0.5) is 10.1 Å². The number of carbonyl (C=O) groups is 1. The second kappa shape index (κ2) is 8.77. The molecule has 1 aromatic carbocycles. The van der Waals surface area contributed by atoms with Gasteiger partial charge in [-0.1, -0.05) is 42.6 Å². The predicted octanol–water partition coefficient (Wildman–Crippen LogP) is 4.13. The molecule has 0 aromatic heterocycles. The first-order valence-electron chi connectivity index (χ1n) is 9.11. The summed E-state index contributed by atoms with van der Waals surface area (Å²) >= 11 is 6.88. The quantitative estimate of drug-likeness (QED) is 0.660. The zero-order valence-electron chi connectivity index (χ0n) is 15.5. The highest BCUT2D eigenvalue weighted by molar-refractivity contribution is 8.03. The van der Waals surface area contributed by atoms with Gasteiger partial charge in [0.15, 0.2) is 0 Å². The molecular formula is C20H19ClFN5OS. The number of rotatable bonds is 4. The van der Waals surface area contributed by atoms with Crippen LogP contribution in [0, 0.1) is 33.9 Å². The Bertz CT molecular complexity index is 986. The normalized spacial score (nSPS) is 18.1. The number of thioether (sulfide) groups is 1. The SMILES string of the molecule is N#CC1=C(N)NC(SCC(=O)Nc2ccc(F)c(Cl)c2)=C(C#N)C12CCCCC2. The fraction of sp³-hybridized carbons (Fsp3) is 0.350. The van der Waals surface area contributed by atoms with Crippen LogP contribution in [-0.2, 0) is 4.79 Å². The van der Waals surface area contributed by atoms with E-state index >= 15 is 0 Å². The average molecular weight is 432 g/mol. The number of halogens is 2. The van der Waals surface area contributed by atoms with Crippen molar-refractivity contribution in [1.29, 1.82) is 10.5 Å². The topological polar surface area (TPSA) is 115 Å². The Morgan fingerprint density at radius 1 is 1.28 bits per heavy atom. The maximum Gasteiger partial charge on any atom is 0.234 e. The first kappa shape index (κ1) is 21.0. The Hall–Kier alpha value is -2.68. The van der Waals surface area contributed by atoms with Gasteiger partial charge in [0.2, 0.25) is 5.91 Å². The minimum absolute atomic E-state index is 0.00769. The number of amides is 1. The van der Waals surface area contributed by atoms with E-state index in [-0.39, 0.29) is 22.5 Å². The molecule has 0 unspecified atom stereocenters. The molecule has 0 radical (unpaired) electrons. The van der Waals surface area contributed by atoms with E-state index in [0.29, 0.717) is 34.7 Å². The van der Waals surface area contributed by atoms with Gasteiger partial charge in [0, 0.05) is 11.1 Å². The van der Waals surface area contributed by atoms with Gasteiger partial charge in [-0.2, -0.15) is 10.5 Å². The van der Waals surface area contributed by atoms with Gasteiger partial charge in [0.1, 0.15) is 11.6 Å². The molecule has 1 spiro atoms. The lowest BCUT2D eigenvalue weighted by Gasteiger charge is -2.40. The first-order valence-corrected chi connectivity index (χ1v) is 10.5. The predicted molar refractivity (Wildman–Crippen MR) is 111 cm³/mol. The number of nitrogens with one attached hydrogen (secondary N) is 2. The molecule has 0 atom stereocenters. The number of nitrogens with zero attached hydrogens (tertiary/aromatic N) is 2. The summed E-state index contributed by atoms with van der Waals surface area (Å²) in [6.07, 6.45) is 4.25. The maximum atomic E-state index is 13.2. The van der Waals surface area contributed by atoms with Crippen LogP contribution in [-0.4, -0.2) is 11.7 Å². The minimum Gasteiger partial charge on any atom is -0.384 e. The first-order chi connectivity index (χ1) is 13.9. The smallest absolute Gasteiger partial charge is 0.234 e. The van der Waals surface area contributed by atoms with Crippen molar-refractivity contribution < 1.29 is 9.18 Å². The number of hydrogen-bond acceptors (Lipinski definition) is 6. The molecule has 29 heavy (non-hydrogen) atoms. The number of nitriles is 2. The fourth-order valence-corrected chi connectivity index (χ4v) is 4.94. The van der Waals surface area contributed by atoms with Crippen molar-refractivity contribution in [2.24, 2.45) is 11.1 Å². The van der Waals surface area contributed by atoms with Crippen molar-refractivity contribution in [3.05, 3.63) is 51.0 Å². The van der Waals surface area contributed by atoms with Crippen molar-refractivity contribution in [2.75, 3.05) is 11.1 Å². The van der Waals surface area contributed by atoms with Gasteiger partial charge in [0.05, 0.1) is 39.1 Å². The molecule has 3 rings (SSSR count). The molecule has 9 heteroatoms. The van der Waals surface area contributed by atoms with Crippen LogP contribution >= 0.6 is 23.4 Å². The Labute approximate surface area is 177 Å². The van der Waals surface area contributed by atoms with E-state index < -0.39 is 11.2 Å². The van der Waals surface area contributed by atoms with Gasteiger partial charge in [-0.25, -0.2) is 4.39 Å². The fourth-order valence-electron chi connectivity index (χ4n) is 3.84. The maximum absolute atomic E-state index is 13.2. The number of dihydropyridines is 1. The molecule has 1 aliphatic carbocycles. The van der Waals surface area contributed by atoms with Gasteiger partial charge in [-0.05, 0) is 31.0 Å². The van der Waals surface area contributed by atoms with E-state index in [0.717, 1.165) is 31.0 Å². The molecule has 0 saturated heterocycles. The van der Waals surface area contributed by atoms with Crippen molar-refractivity contribution in [3.63, 3.8) is 0 Å². The largest absolute Gasteiger partial charge is 0.384 e. The van der Waals surface area contributed by atoms with Crippen molar-refractivity contribution in [1.82, 2.24) is 5.32 Å². The zero-order valence-corrected chi connectivity index (χ0v) is 17.1. The van der Waals surface area contributed by atoms with Crippen LogP contribution in [0.5, 0.6) is 0 Å². The number of carbonyl (C=O) groups excluding carboxylic acids is 1. The lowest BCUT2D eigenvalue weighted by atomic mass is 9.64. The summed E-state index contributed by atoms with van der Waals surface area (Å²) in [4.78, 5) is 12.3. The number of benzene rings is 1. The zero-order chi connectivity index (χ0) is 21.0. The summed E-state index contributed by atoms with van der Waals surface area (Å²) in [6, 6.07) is 8.35. The molecular weight excluding hydrogens is 413 g/mol. The molecule has 6 nitrogen and oxygen atoms in total. The van der Waals surface area contributed by atoms with Gasteiger partial charge in [-0.15, -0.1) is 0 Å². The molecule has 1 amide bonds. The molecule has 1 aromatic rings. The van der Waals surface area contributed by atoms with Crippen molar-refractivity contribution >= 4 is 35.0 Å². The van der Waals surface area contributed by atoms with Crippen LogP contribution in [0.15, 0.2) is 40.2 Å². The summed E-state index contributed by atoms with van der Waals surface area (Å²) in [6.45, 7) is 0. The third-order valence-electron chi connectivity index (χ3n) is 5.18. The van der Waals surface area contributed by atoms with E-state index in [4.69, 9.17) is 17.3 Å². The van der Waals surface area contributed by atoms with Crippen molar-refractivity contribution in [2.45, 2.75) is 32.1 Å². The lowest BCUT2D eigenvalue weighted by molar-refractivity contribution is -0.113. The number of nitrogens with two attached hydrogens (primary N) is 1. The van der Waals surface area contributed by atoms with E-state index in [1.54, 1.807) is 0 Å². The third kappa shape index (κ3) is 4.19. The van der Waals surface area contributed by atoms with Crippen molar-refractivity contribution in [3.8, 4) is 12.1 Å². The summed E-state index contributed by atoms with van der Waals surface area (Å²) in [5.41, 5.74) is 6.67. The highest BCUT2D eigenvalue weighted by Crippen LogP contribution is 2.51. The minimum atomic E-state index is -0.680. The van der Waals surface area contributed by atoms with Crippen LogP contribution in [0.1, 0.15) is 32.1 Å². The summed E-state index contributed by atoms with van der Waals surface area (Å²) < 4.78 is 13.2. The number of anilines is 1. The van der Waals surface area contributed by atoms with Gasteiger partial charge in [0.25, 0.3) is 0 Å². The van der Waals surface area contributed by atoms with E-state index in [1.165, 1.54) is 18.2 Å². The molecule has 4 N–H and O–H groups in total. The molecule has 2 aliphatic rings. The summed E-state index contributed by atoms with van der Waals surface area (Å²) in [7, 11) is 0. The third-order valence-corrected chi connectivity index (χ3v) is 6.47. The van der Waals surface area contributed by atoms with Crippen LogP contribution < -0.4 is 16.4 Å². The molecule has 1 saturated carbocycles. The number of hydrogen-bond donors (Lipinski definition) is 3. The second-order valence-electron chi connectivity index (χ2n) is 6.95. The van der Waals surface area contributed by atoms with Gasteiger partial charge in [-0.3, -0.25) is 4.79 Å². The summed E-state index contributed by atoms with van der Waals surface area (Å²) in [5, 5.41) is 25.5. The molecule has 1 heterocycles. The Balaban J connectivity index is 1.78. The van der Waals surface area contributed by atoms with Gasteiger partial charge < -0.3 is 16.4 Å². The highest BCUT2D eigenvalue weighted by Gasteiger charge is 2.45. The standard InChI is InChI=1S/C20H19ClFN5OS/c21-15-8-12(4-5-16(15)22)26-17(28)11-29-19-14(10-24)20(6-2-1-3-7-20)13(9-23)18(25)27-19/h4-5,8,27H,1-3,6-7,11,25H2,(H,26,28). The van der Waals surface area contributed by atoms with Crippen LogP contribution in [0.2, 0.25) is 5.02 Å². The van der Waals surface area contributed by atoms with E-state index in [1.807, 2.05) is 0 Å². The Morgan fingerprint density at radius 2 is 1.97 bits per heavy atom. The van der Waals surface area contributed by atoms with Crippen LogP contribution in [0.25, 0.3) is 0 Å². The molecule has 150 valence electrons. The Kier molecular flexibility index (Phi) is 6.36. The molecule has 1 aliphatic heterocycles. The summed E-state index contributed by atoms with van der Waals surface area (Å²) in [5.74, 6) is -0.659. The Morgan fingerprint density at radius 3 is 2.59 bits per heavy atom. The monoisotopic (exact) mass is 431 g/mol. The lowest BCUT2D eigenvalue weighted by Crippen LogP contribution is -2.39. The van der Waals surface area contributed by atoms with Crippen LogP contribution in [0.3, 0.4) is 0 Å². The number of allylic oxidation sites excluding steroid dienone is 2. The average Bonchev–Trinajstić information content (AvgIpc) is 2.70. The highest BCUT2D eigenvalue weighted by atomic mass is 35.5. The van der Waals surface area contributed by atoms with Gasteiger partial charge >= 0.3 is 0 Å². The molecule has 0 bridgehead atoms. The van der Waals surface area contributed by atoms with E-state index in [9.17, 15) is 19.7 Å².